The average molecular weight is 323 g/mol. The predicted octanol–water partition coefficient (Wildman–Crippen LogP) is 2.58. The summed E-state index contributed by atoms with van der Waals surface area (Å²) in [6, 6.07) is 6.33. The van der Waals surface area contributed by atoms with Gasteiger partial charge < -0.3 is 10.2 Å². The molecule has 2 fully saturated rings. The fraction of sp³-hybridized carbons (Fsp3) is 0.533. The Labute approximate surface area is 122 Å². The summed E-state index contributed by atoms with van der Waals surface area (Å²) in [5.41, 5.74) is 1.89. The highest BCUT2D eigenvalue weighted by molar-refractivity contribution is 9.10. The summed E-state index contributed by atoms with van der Waals surface area (Å²) in [6.07, 6.45) is 2.38. The Morgan fingerprint density at radius 2 is 2.26 bits per heavy atom. The van der Waals surface area contributed by atoms with Crippen LogP contribution in [0.1, 0.15) is 28.8 Å². The van der Waals surface area contributed by atoms with E-state index in [1.54, 1.807) is 0 Å². The first-order valence-electron chi connectivity index (χ1n) is 6.94. The van der Waals surface area contributed by atoms with Gasteiger partial charge in [0.15, 0.2) is 0 Å². The predicted molar refractivity (Wildman–Crippen MR) is 79.3 cm³/mol. The van der Waals surface area contributed by atoms with Gasteiger partial charge in [-0.05, 0) is 43.4 Å². The second-order valence-electron chi connectivity index (χ2n) is 5.59. The number of benzene rings is 1. The lowest BCUT2D eigenvalue weighted by Gasteiger charge is -2.37. The number of nitrogens with zero attached hydrogens (tertiary/aromatic N) is 1. The van der Waals surface area contributed by atoms with Crippen molar-refractivity contribution in [2.45, 2.75) is 25.8 Å². The van der Waals surface area contributed by atoms with Crippen molar-refractivity contribution >= 4 is 21.8 Å². The molecule has 4 heteroatoms. The maximum atomic E-state index is 12.8. The molecule has 1 amide bonds. The van der Waals surface area contributed by atoms with E-state index < -0.39 is 0 Å². The highest BCUT2D eigenvalue weighted by Crippen LogP contribution is 2.28. The summed E-state index contributed by atoms with van der Waals surface area (Å²) in [5, 5.41) is 3.42. The number of halogens is 1. The van der Waals surface area contributed by atoms with Crippen LogP contribution in [-0.4, -0.2) is 36.5 Å². The zero-order valence-electron chi connectivity index (χ0n) is 11.2. The molecule has 0 bridgehead atoms. The molecule has 2 aliphatic rings. The van der Waals surface area contributed by atoms with Crippen LogP contribution in [0.2, 0.25) is 0 Å². The van der Waals surface area contributed by atoms with Gasteiger partial charge in [0.2, 0.25) is 0 Å². The monoisotopic (exact) mass is 322 g/mol. The topological polar surface area (TPSA) is 32.3 Å². The SMILES string of the molecule is Cc1ccc(Br)cc1C(=O)N1CCCC2CNCC21. The standard InChI is InChI=1S/C15H19BrN2O/c1-10-4-5-12(16)7-13(10)15(19)18-6-2-3-11-8-17-9-14(11)18/h4-5,7,11,14,17H,2-3,6,8-9H2,1H3. The molecule has 1 aromatic rings. The molecule has 102 valence electrons. The number of hydrogen-bond acceptors (Lipinski definition) is 2. The second-order valence-corrected chi connectivity index (χ2v) is 6.50. The van der Waals surface area contributed by atoms with E-state index in [1.165, 1.54) is 6.42 Å². The van der Waals surface area contributed by atoms with Crippen molar-refractivity contribution in [3.8, 4) is 0 Å². The van der Waals surface area contributed by atoms with Crippen LogP contribution in [-0.2, 0) is 0 Å². The van der Waals surface area contributed by atoms with Crippen LogP contribution < -0.4 is 5.32 Å². The Morgan fingerprint density at radius 1 is 1.42 bits per heavy atom. The lowest BCUT2D eigenvalue weighted by Crippen LogP contribution is -2.48. The van der Waals surface area contributed by atoms with E-state index in [2.05, 4.69) is 26.1 Å². The number of nitrogens with one attached hydrogen (secondary N) is 1. The summed E-state index contributed by atoms with van der Waals surface area (Å²) in [4.78, 5) is 14.9. The maximum Gasteiger partial charge on any atom is 0.254 e. The minimum Gasteiger partial charge on any atom is -0.334 e. The van der Waals surface area contributed by atoms with Crippen LogP contribution in [0.5, 0.6) is 0 Å². The van der Waals surface area contributed by atoms with Crippen molar-refractivity contribution in [2.75, 3.05) is 19.6 Å². The van der Waals surface area contributed by atoms with Crippen molar-refractivity contribution in [3.05, 3.63) is 33.8 Å². The maximum absolute atomic E-state index is 12.8. The van der Waals surface area contributed by atoms with Gasteiger partial charge in [0.05, 0.1) is 0 Å². The molecule has 0 spiro atoms. The van der Waals surface area contributed by atoms with Gasteiger partial charge in [-0.3, -0.25) is 4.79 Å². The summed E-state index contributed by atoms with van der Waals surface area (Å²) in [7, 11) is 0. The van der Waals surface area contributed by atoms with Crippen molar-refractivity contribution in [2.24, 2.45) is 5.92 Å². The van der Waals surface area contributed by atoms with Crippen LogP contribution in [0.3, 0.4) is 0 Å². The first-order chi connectivity index (χ1) is 9.16. The van der Waals surface area contributed by atoms with Gasteiger partial charge in [-0.2, -0.15) is 0 Å². The zero-order chi connectivity index (χ0) is 13.4. The molecule has 0 saturated carbocycles. The Bertz CT molecular complexity index is 503. The Kier molecular flexibility index (Phi) is 3.63. The normalized spacial score (nSPS) is 26.3. The first-order valence-corrected chi connectivity index (χ1v) is 7.74. The number of hydrogen-bond donors (Lipinski definition) is 1. The highest BCUT2D eigenvalue weighted by atomic mass is 79.9. The smallest absolute Gasteiger partial charge is 0.254 e. The largest absolute Gasteiger partial charge is 0.334 e. The molecule has 0 aromatic heterocycles. The van der Waals surface area contributed by atoms with Gasteiger partial charge in [-0.1, -0.05) is 22.0 Å². The van der Waals surface area contributed by atoms with E-state index in [1.807, 2.05) is 25.1 Å². The lowest BCUT2D eigenvalue weighted by molar-refractivity contribution is 0.0574. The van der Waals surface area contributed by atoms with Crippen LogP contribution in [0.25, 0.3) is 0 Å². The third-order valence-corrected chi connectivity index (χ3v) is 4.86. The summed E-state index contributed by atoms with van der Waals surface area (Å²) < 4.78 is 0.972. The first kappa shape index (κ1) is 13.1. The molecular formula is C15H19BrN2O. The van der Waals surface area contributed by atoms with Crippen molar-refractivity contribution < 1.29 is 4.79 Å². The molecule has 1 N–H and O–H groups in total. The van der Waals surface area contributed by atoms with E-state index in [0.717, 1.165) is 41.7 Å². The molecule has 2 aliphatic heterocycles. The molecule has 2 saturated heterocycles. The minimum absolute atomic E-state index is 0.192. The van der Waals surface area contributed by atoms with Crippen LogP contribution in [0, 0.1) is 12.8 Å². The number of carbonyl (C=O) groups is 1. The number of aryl methyl sites for hydroxylation is 1. The molecule has 2 unspecified atom stereocenters. The third-order valence-electron chi connectivity index (χ3n) is 4.37. The third kappa shape index (κ3) is 2.43. The summed E-state index contributed by atoms with van der Waals surface area (Å²) in [6.45, 7) is 4.91. The summed E-state index contributed by atoms with van der Waals surface area (Å²) >= 11 is 3.46. The molecular weight excluding hydrogens is 304 g/mol. The van der Waals surface area contributed by atoms with Gasteiger partial charge in [-0.25, -0.2) is 0 Å². The van der Waals surface area contributed by atoms with Crippen LogP contribution >= 0.6 is 15.9 Å². The van der Waals surface area contributed by atoms with E-state index in [4.69, 9.17) is 0 Å². The Morgan fingerprint density at radius 3 is 3.11 bits per heavy atom. The van der Waals surface area contributed by atoms with Gasteiger partial charge in [-0.15, -0.1) is 0 Å². The Balaban J connectivity index is 1.88. The van der Waals surface area contributed by atoms with Gasteiger partial charge in [0, 0.05) is 35.7 Å². The van der Waals surface area contributed by atoms with Crippen molar-refractivity contribution in [3.63, 3.8) is 0 Å². The average Bonchev–Trinajstić information content (AvgIpc) is 2.89. The second kappa shape index (κ2) is 5.25. The molecule has 2 heterocycles. The van der Waals surface area contributed by atoms with E-state index in [0.29, 0.717) is 12.0 Å². The lowest BCUT2D eigenvalue weighted by atomic mass is 9.91. The molecule has 0 aliphatic carbocycles. The van der Waals surface area contributed by atoms with E-state index in [9.17, 15) is 4.79 Å². The quantitative estimate of drug-likeness (QED) is 0.862. The minimum atomic E-state index is 0.192. The van der Waals surface area contributed by atoms with Gasteiger partial charge in [0.1, 0.15) is 0 Å². The molecule has 3 nitrogen and oxygen atoms in total. The highest BCUT2D eigenvalue weighted by Gasteiger charge is 2.37. The van der Waals surface area contributed by atoms with Gasteiger partial charge >= 0.3 is 0 Å². The molecule has 1 aromatic carbocycles. The summed E-state index contributed by atoms with van der Waals surface area (Å²) in [5.74, 6) is 0.836. The van der Waals surface area contributed by atoms with Crippen molar-refractivity contribution in [1.82, 2.24) is 10.2 Å². The number of rotatable bonds is 1. The van der Waals surface area contributed by atoms with Crippen LogP contribution in [0.15, 0.2) is 22.7 Å². The number of carbonyl (C=O) groups excluding carboxylic acids is 1. The molecule has 0 radical (unpaired) electrons. The van der Waals surface area contributed by atoms with Crippen LogP contribution in [0.4, 0.5) is 0 Å². The number of piperidine rings is 1. The molecule has 3 rings (SSSR count). The molecule has 2 atom stereocenters. The fourth-order valence-corrected chi connectivity index (χ4v) is 3.66. The number of amides is 1. The van der Waals surface area contributed by atoms with E-state index >= 15 is 0 Å². The van der Waals surface area contributed by atoms with E-state index in [-0.39, 0.29) is 5.91 Å². The molecule has 19 heavy (non-hydrogen) atoms. The number of fused-ring (bicyclic) bond motifs is 1. The van der Waals surface area contributed by atoms with Gasteiger partial charge in [0.25, 0.3) is 5.91 Å². The number of likely N-dealkylation sites (tertiary alicyclic amines) is 1. The van der Waals surface area contributed by atoms with Crippen molar-refractivity contribution in [1.29, 1.82) is 0 Å². The fourth-order valence-electron chi connectivity index (χ4n) is 3.30. The zero-order valence-corrected chi connectivity index (χ0v) is 12.7. The Hall–Kier alpha value is -0.870.